The average molecular weight is 225 g/mol. The molecule has 0 saturated heterocycles. The number of nitrogens with one attached hydrogen (secondary N) is 1. The monoisotopic (exact) mass is 225 g/mol. The van der Waals surface area contributed by atoms with Crippen molar-refractivity contribution < 1.29 is 4.79 Å². The molecule has 0 aliphatic heterocycles. The molecular weight excluding hydrogens is 206 g/mol. The molecule has 1 unspecified atom stereocenters. The van der Waals surface area contributed by atoms with Crippen LogP contribution in [0.1, 0.15) is 25.2 Å². The highest BCUT2D eigenvalue weighted by atomic mass is 16.2. The normalized spacial score (nSPS) is 12.5. The van der Waals surface area contributed by atoms with Gasteiger partial charge in [-0.05, 0) is 6.92 Å². The summed E-state index contributed by atoms with van der Waals surface area (Å²) >= 11 is 0. The third-order valence-electron chi connectivity index (χ3n) is 2.42. The Labute approximate surface area is 95.6 Å². The molecule has 0 saturated carbocycles. The van der Waals surface area contributed by atoms with E-state index in [0.717, 1.165) is 5.82 Å². The molecule has 1 aromatic heterocycles. The van der Waals surface area contributed by atoms with E-state index in [4.69, 9.17) is 0 Å². The van der Waals surface area contributed by atoms with Gasteiger partial charge in [-0.2, -0.15) is 0 Å². The van der Waals surface area contributed by atoms with Gasteiger partial charge >= 0.3 is 0 Å². The van der Waals surface area contributed by atoms with Crippen molar-refractivity contribution in [3.63, 3.8) is 0 Å². The molecule has 6 heteroatoms. The molecule has 1 rings (SSSR count). The van der Waals surface area contributed by atoms with E-state index in [1.807, 2.05) is 18.5 Å². The number of aryl methyl sites for hydroxylation is 1. The van der Waals surface area contributed by atoms with Crippen LogP contribution in [0, 0.1) is 0 Å². The number of hydrogen-bond acceptors (Lipinski definition) is 4. The van der Waals surface area contributed by atoms with Crippen LogP contribution in [0.4, 0.5) is 0 Å². The molecule has 1 amide bonds. The Kier molecular flexibility index (Phi) is 4.42. The minimum Gasteiger partial charge on any atom is -0.349 e. The standard InChI is InChI=1S/C10H19N5O/c1-8(10-13-12-7-15(10)4)11-6-5-9(16)14(2)3/h7-8,11H,5-6H2,1-4H3. The summed E-state index contributed by atoms with van der Waals surface area (Å²) in [7, 11) is 5.42. The van der Waals surface area contributed by atoms with Crippen LogP contribution in [0.25, 0.3) is 0 Å². The molecular formula is C10H19N5O. The van der Waals surface area contributed by atoms with Crippen molar-refractivity contribution in [2.24, 2.45) is 7.05 Å². The molecule has 6 nitrogen and oxygen atoms in total. The molecule has 0 aliphatic carbocycles. The minimum absolute atomic E-state index is 0.0995. The maximum atomic E-state index is 11.3. The van der Waals surface area contributed by atoms with Gasteiger partial charge in [0.05, 0.1) is 6.04 Å². The van der Waals surface area contributed by atoms with Crippen LogP contribution in [0.15, 0.2) is 6.33 Å². The van der Waals surface area contributed by atoms with Gasteiger partial charge < -0.3 is 14.8 Å². The molecule has 1 N–H and O–H groups in total. The largest absolute Gasteiger partial charge is 0.349 e. The fraction of sp³-hybridized carbons (Fsp3) is 0.700. The molecule has 0 radical (unpaired) electrons. The van der Waals surface area contributed by atoms with Crippen LogP contribution in [0.3, 0.4) is 0 Å². The van der Waals surface area contributed by atoms with E-state index in [0.29, 0.717) is 13.0 Å². The third-order valence-corrected chi connectivity index (χ3v) is 2.42. The van der Waals surface area contributed by atoms with Gasteiger partial charge in [-0.15, -0.1) is 10.2 Å². The second kappa shape index (κ2) is 5.60. The van der Waals surface area contributed by atoms with Crippen LogP contribution in [-0.4, -0.2) is 46.2 Å². The number of hydrogen-bond donors (Lipinski definition) is 1. The Balaban J connectivity index is 2.34. The predicted molar refractivity (Wildman–Crippen MR) is 60.7 cm³/mol. The van der Waals surface area contributed by atoms with Crippen LogP contribution >= 0.6 is 0 Å². The van der Waals surface area contributed by atoms with E-state index in [1.165, 1.54) is 0 Å². The first kappa shape index (κ1) is 12.6. The highest BCUT2D eigenvalue weighted by Crippen LogP contribution is 2.06. The summed E-state index contributed by atoms with van der Waals surface area (Å²) in [6, 6.07) is 0.0995. The van der Waals surface area contributed by atoms with Gasteiger partial charge in [0, 0.05) is 34.1 Å². The number of rotatable bonds is 5. The summed E-state index contributed by atoms with van der Waals surface area (Å²) in [5.41, 5.74) is 0. The fourth-order valence-electron chi connectivity index (χ4n) is 1.39. The summed E-state index contributed by atoms with van der Waals surface area (Å²) < 4.78 is 1.87. The van der Waals surface area contributed by atoms with Gasteiger partial charge in [0.2, 0.25) is 5.91 Å². The second-order valence-electron chi connectivity index (χ2n) is 4.01. The lowest BCUT2D eigenvalue weighted by Crippen LogP contribution is -2.28. The van der Waals surface area contributed by atoms with Crippen molar-refractivity contribution in [3.8, 4) is 0 Å². The minimum atomic E-state index is 0.0995. The zero-order valence-electron chi connectivity index (χ0n) is 10.3. The topological polar surface area (TPSA) is 63.1 Å². The van der Waals surface area contributed by atoms with Crippen molar-refractivity contribution in [1.29, 1.82) is 0 Å². The number of carbonyl (C=O) groups excluding carboxylic acids is 1. The van der Waals surface area contributed by atoms with E-state index in [2.05, 4.69) is 15.5 Å². The zero-order valence-corrected chi connectivity index (χ0v) is 10.3. The van der Waals surface area contributed by atoms with Crippen molar-refractivity contribution in [2.75, 3.05) is 20.6 Å². The van der Waals surface area contributed by atoms with Crippen LogP contribution in [0.2, 0.25) is 0 Å². The highest BCUT2D eigenvalue weighted by molar-refractivity contribution is 5.75. The first-order valence-electron chi connectivity index (χ1n) is 5.29. The molecule has 0 spiro atoms. The van der Waals surface area contributed by atoms with E-state index in [9.17, 15) is 4.79 Å². The summed E-state index contributed by atoms with van der Waals surface area (Å²) in [4.78, 5) is 12.9. The first-order chi connectivity index (χ1) is 7.52. The van der Waals surface area contributed by atoms with Gasteiger partial charge in [0.1, 0.15) is 12.2 Å². The Hall–Kier alpha value is -1.43. The molecule has 0 fully saturated rings. The predicted octanol–water partition coefficient (Wildman–Crippen LogP) is -0.0560. The van der Waals surface area contributed by atoms with Gasteiger partial charge in [-0.25, -0.2) is 0 Å². The van der Waals surface area contributed by atoms with Crippen molar-refractivity contribution in [3.05, 3.63) is 12.2 Å². The van der Waals surface area contributed by atoms with Gasteiger partial charge in [0.15, 0.2) is 0 Å². The van der Waals surface area contributed by atoms with Crippen molar-refractivity contribution >= 4 is 5.91 Å². The first-order valence-corrected chi connectivity index (χ1v) is 5.29. The van der Waals surface area contributed by atoms with Crippen LogP contribution in [0.5, 0.6) is 0 Å². The van der Waals surface area contributed by atoms with E-state index >= 15 is 0 Å². The number of amides is 1. The smallest absolute Gasteiger partial charge is 0.223 e. The molecule has 1 atom stereocenters. The number of carbonyl (C=O) groups is 1. The molecule has 0 aliphatic rings. The van der Waals surface area contributed by atoms with Crippen molar-refractivity contribution in [1.82, 2.24) is 25.0 Å². The van der Waals surface area contributed by atoms with Crippen LogP contribution in [-0.2, 0) is 11.8 Å². The van der Waals surface area contributed by atoms with E-state index in [-0.39, 0.29) is 11.9 Å². The summed E-state index contributed by atoms with van der Waals surface area (Å²) in [5.74, 6) is 0.995. The van der Waals surface area contributed by atoms with Gasteiger partial charge in [0.25, 0.3) is 0 Å². The molecule has 0 bridgehead atoms. The van der Waals surface area contributed by atoms with Crippen LogP contribution < -0.4 is 5.32 Å². The maximum absolute atomic E-state index is 11.3. The molecule has 16 heavy (non-hydrogen) atoms. The Morgan fingerprint density at radius 3 is 2.81 bits per heavy atom. The quantitative estimate of drug-likeness (QED) is 0.763. The molecule has 1 heterocycles. The molecule has 90 valence electrons. The summed E-state index contributed by atoms with van der Waals surface area (Å²) in [6.07, 6.45) is 2.16. The third kappa shape index (κ3) is 3.30. The maximum Gasteiger partial charge on any atom is 0.223 e. The summed E-state index contributed by atoms with van der Waals surface area (Å²) in [6.45, 7) is 2.65. The molecule has 0 aromatic carbocycles. The van der Waals surface area contributed by atoms with Crippen molar-refractivity contribution in [2.45, 2.75) is 19.4 Å². The Bertz CT molecular complexity index is 347. The lowest BCUT2D eigenvalue weighted by molar-refractivity contribution is -0.128. The van der Waals surface area contributed by atoms with Gasteiger partial charge in [-0.3, -0.25) is 4.79 Å². The lowest BCUT2D eigenvalue weighted by atomic mass is 10.3. The fourth-order valence-corrected chi connectivity index (χ4v) is 1.39. The number of nitrogens with zero attached hydrogens (tertiary/aromatic N) is 4. The Morgan fingerprint density at radius 2 is 2.31 bits per heavy atom. The SMILES string of the molecule is CC(NCCC(=O)N(C)C)c1nncn1C. The second-order valence-corrected chi connectivity index (χ2v) is 4.01. The molecule has 1 aromatic rings. The lowest BCUT2D eigenvalue weighted by Gasteiger charge is -2.14. The summed E-state index contributed by atoms with van der Waals surface area (Å²) in [5, 5.41) is 11.1. The average Bonchev–Trinajstić information content (AvgIpc) is 2.64. The number of aromatic nitrogens is 3. The van der Waals surface area contributed by atoms with E-state index < -0.39 is 0 Å². The van der Waals surface area contributed by atoms with Gasteiger partial charge in [-0.1, -0.05) is 0 Å². The van der Waals surface area contributed by atoms with E-state index in [1.54, 1.807) is 25.3 Å². The Morgan fingerprint density at radius 1 is 1.62 bits per heavy atom. The zero-order chi connectivity index (χ0) is 12.1. The highest BCUT2D eigenvalue weighted by Gasteiger charge is 2.11.